The van der Waals surface area contributed by atoms with E-state index >= 15 is 0 Å². The molecule has 0 unspecified atom stereocenters. The molecule has 2 N–H and O–H groups in total. The summed E-state index contributed by atoms with van der Waals surface area (Å²) < 4.78 is 27.0. The maximum Gasteiger partial charge on any atom is 0.238 e. The van der Waals surface area contributed by atoms with Crippen molar-refractivity contribution in [3.8, 4) is 5.75 Å². The third kappa shape index (κ3) is 2.19. The molecule has 0 saturated heterocycles. The summed E-state index contributed by atoms with van der Waals surface area (Å²) in [6.07, 6.45) is 0. The fourth-order valence-electron chi connectivity index (χ4n) is 1.01. The van der Waals surface area contributed by atoms with Crippen molar-refractivity contribution in [3.05, 3.63) is 23.8 Å². The molecule has 0 aliphatic carbocycles. The first-order valence-electron chi connectivity index (χ1n) is 3.62. The number of aryl methyl sites for hydroxylation is 1. The van der Waals surface area contributed by atoms with E-state index in [0.717, 1.165) is 0 Å². The summed E-state index contributed by atoms with van der Waals surface area (Å²) in [6, 6.07) is 4.74. The van der Waals surface area contributed by atoms with Gasteiger partial charge in [0.2, 0.25) is 10.0 Å². The van der Waals surface area contributed by atoms with Crippen LogP contribution in [0.25, 0.3) is 0 Å². The number of methoxy groups -OCH3 is 1. The van der Waals surface area contributed by atoms with Crippen LogP contribution in [0.4, 0.5) is 0 Å². The molecule has 0 heterocycles. The molecule has 13 heavy (non-hydrogen) atoms. The largest absolute Gasteiger partial charge is 0.497 e. The van der Waals surface area contributed by atoms with E-state index in [0.29, 0.717) is 11.3 Å². The summed E-state index contributed by atoms with van der Waals surface area (Å²) in [6.45, 7) is 1.68. The van der Waals surface area contributed by atoms with Gasteiger partial charge in [0.05, 0.1) is 12.0 Å². The Morgan fingerprint density at radius 2 is 2.00 bits per heavy atom. The first-order valence-corrected chi connectivity index (χ1v) is 5.17. The lowest BCUT2D eigenvalue weighted by Crippen LogP contribution is -2.13. The average molecular weight is 201 g/mol. The molecule has 0 amide bonds. The Kier molecular flexibility index (Phi) is 2.58. The minimum absolute atomic E-state index is 0.104. The van der Waals surface area contributed by atoms with Gasteiger partial charge in [-0.05, 0) is 18.6 Å². The van der Waals surface area contributed by atoms with E-state index in [1.165, 1.54) is 13.2 Å². The van der Waals surface area contributed by atoms with Gasteiger partial charge in [0.25, 0.3) is 0 Å². The lowest BCUT2D eigenvalue weighted by Gasteiger charge is -2.05. The Morgan fingerprint density at radius 1 is 1.38 bits per heavy atom. The van der Waals surface area contributed by atoms with E-state index in [1.54, 1.807) is 19.1 Å². The fourth-order valence-corrected chi connectivity index (χ4v) is 1.81. The Hall–Kier alpha value is -1.07. The quantitative estimate of drug-likeness (QED) is 0.763. The Labute approximate surface area is 77.4 Å². The highest BCUT2D eigenvalue weighted by molar-refractivity contribution is 7.89. The number of sulfonamides is 1. The molecule has 1 rings (SSSR count). The van der Waals surface area contributed by atoms with Gasteiger partial charge in [-0.25, -0.2) is 13.6 Å². The average Bonchev–Trinajstić information content (AvgIpc) is 2.03. The normalized spacial score (nSPS) is 11.3. The van der Waals surface area contributed by atoms with E-state index in [2.05, 4.69) is 0 Å². The van der Waals surface area contributed by atoms with Crippen LogP contribution in [0, 0.1) is 6.92 Å². The van der Waals surface area contributed by atoms with Crippen molar-refractivity contribution in [2.24, 2.45) is 5.14 Å². The molecule has 0 spiro atoms. The van der Waals surface area contributed by atoms with E-state index in [1.807, 2.05) is 0 Å². The highest BCUT2D eigenvalue weighted by Crippen LogP contribution is 2.19. The summed E-state index contributed by atoms with van der Waals surface area (Å²) in [5.41, 5.74) is 0.614. The molecule has 0 aromatic heterocycles. The second-order valence-electron chi connectivity index (χ2n) is 2.68. The highest BCUT2D eigenvalue weighted by atomic mass is 32.2. The second-order valence-corrected chi connectivity index (χ2v) is 4.21. The number of hydrogen-bond donors (Lipinski definition) is 1. The van der Waals surface area contributed by atoms with Crippen LogP contribution in [0.5, 0.6) is 5.75 Å². The predicted octanol–water partition coefficient (Wildman–Crippen LogP) is 0.651. The topological polar surface area (TPSA) is 69.4 Å². The van der Waals surface area contributed by atoms with Crippen molar-refractivity contribution in [2.45, 2.75) is 11.8 Å². The number of hydrogen-bond acceptors (Lipinski definition) is 3. The molecule has 0 bridgehead atoms. The predicted molar refractivity (Wildman–Crippen MR) is 49.1 cm³/mol. The summed E-state index contributed by atoms with van der Waals surface area (Å²) in [4.78, 5) is 0.104. The highest BCUT2D eigenvalue weighted by Gasteiger charge is 2.11. The molecule has 0 fully saturated rings. The smallest absolute Gasteiger partial charge is 0.238 e. The van der Waals surface area contributed by atoms with Crippen LogP contribution in [0.2, 0.25) is 0 Å². The SMILES string of the molecule is COc1ccc(C)c(S(N)(=O)=O)c1. The molecule has 0 saturated carbocycles. The van der Waals surface area contributed by atoms with Crippen LogP contribution in [0.1, 0.15) is 5.56 Å². The first-order chi connectivity index (χ1) is 5.95. The number of ether oxygens (including phenoxy) is 1. The molecule has 4 nitrogen and oxygen atoms in total. The molecular weight excluding hydrogens is 190 g/mol. The molecule has 0 radical (unpaired) electrons. The molecule has 72 valence electrons. The Balaban J connectivity index is 3.36. The van der Waals surface area contributed by atoms with Crippen molar-refractivity contribution in [1.29, 1.82) is 0 Å². The molecule has 0 atom stereocenters. The van der Waals surface area contributed by atoms with Gasteiger partial charge in [0, 0.05) is 6.07 Å². The molecule has 5 heteroatoms. The molecule has 0 aliphatic rings. The van der Waals surface area contributed by atoms with Gasteiger partial charge < -0.3 is 4.74 Å². The molecule has 1 aromatic carbocycles. The summed E-state index contributed by atoms with van der Waals surface area (Å²) >= 11 is 0. The standard InChI is InChI=1S/C8H11NO3S/c1-6-3-4-7(12-2)5-8(6)13(9,10)11/h3-5H,1-2H3,(H2,9,10,11). The number of nitrogens with two attached hydrogens (primary N) is 1. The number of primary sulfonamides is 1. The van der Waals surface area contributed by atoms with Crippen molar-refractivity contribution in [1.82, 2.24) is 0 Å². The maximum atomic E-state index is 11.0. The summed E-state index contributed by atoms with van der Waals surface area (Å²) in [5, 5.41) is 5.00. The first kappa shape index (κ1) is 10.0. The van der Waals surface area contributed by atoms with E-state index < -0.39 is 10.0 Å². The number of benzene rings is 1. The monoisotopic (exact) mass is 201 g/mol. The van der Waals surface area contributed by atoms with E-state index in [4.69, 9.17) is 9.88 Å². The van der Waals surface area contributed by atoms with Crippen molar-refractivity contribution >= 4 is 10.0 Å². The lowest BCUT2D eigenvalue weighted by molar-refractivity contribution is 0.413. The zero-order chi connectivity index (χ0) is 10.1. The van der Waals surface area contributed by atoms with Crippen LogP contribution >= 0.6 is 0 Å². The van der Waals surface area contributed by atoms with E-state index in [-0.39, 0.29) is 4.90 Å². The maximum absolute atomic E-state index is 11.0. The van der Waals surface area contributed by atoms with Gasteiger partial charge in [0.15, 0.2) is 0 Å². The van der Waals surface area contributed by atoms with Crippen LogP contribution in [0.15, 0.2) is 23.1 Å². The minimum Gasteiger partial charge on any atom is -0.497 e. The molecular formula is C8H11NO3S. The van der Waals surface area contributed by atoms with Gasteiger partial charge >= 0.3 is 0 Å². The lowest BCUT2D eigenvalue weighted by atomic mass is 10.2. The molecule has 0 aliphatic heterocycles. The van der Waals surface area contributed by atoms with Crippen molar-refractivity contribution in [3.63, 3.8) is 0 Å². The molecule has 1 aromatic rings. The number of rotatable bonds is 2. The fraction of sp³-hybridized carbons (Fsp3) is 0.250. The van der Waals surface area contributed by atoms with Gasteiger partial charge in [-0.3, -0.25) is 0 Å². The van der Waals surface area contributed by atoms with Gasteiger partial charge in [-0.2, -0.15) is 0 Å². The van der Waals surface area contributed by atoms with Crippen molar-refractivity contribution in [2.75, 3.05) is 7.11 Å². The Morgan fingerprint density at radius 3 is 2.46 bits per heavy atom. The summed E-state index contributed by atoms with van der Waals surface area (Å²) in [5.74, 6) is 0.481. The zero-order valence-corrected chi connectivity index (χ0v) is 8.26. The van der Waals surface area contributed by atoms with E-state index in [9.17, 15) is 8.42 Å². The van der Waals surface area contributed by atoms with Gasteiger partial charge in [-0.1, -0.05) is 6.07 Å². The van der Waals surface area contributed by atoms with Crippen LogP contribution in [-0.2, 0) is 10.0 Å². The van der Waals surface area contributed by atoms with Crippen LogP contribution < -0.4 is 9.88 Å². The Bertz CT molecular complexity index is 411. The van der Waals surface area contributed by atoms with Gasteiger partial charge in [0.1, 0.15) is 5.75 Å². The third-order valence-corrected chi connectivity index (χ3v) is 2.75. The van der Waals surface area contributed by atoms with Crippen molar-refractivity contribution < 1.29 is 13.2 Å². The minimum atomic E-state index is -3.65. The van der Waals surface area contributed by atoms with Crippen LogP contribution in [0.3, 0.4) is 0 Å². The van der Waals surface area contributed by atoms with Gasteiger partial charge in [-0.15, -0.1) is 0 Å². The summed E-state index contributed by atoms with van der Waals surface area (Å²) in [7, 11) is -2.18. The van der Waals surface area contributed by atoms with Crippen LogP contribution in [-0.4, -0.2) is 15.5 Å². The second kappa shape index (κ2) is 3.35. The third-order valence-electron chi connectivity index (χ3n) is 1.70. The zero-order valence-electron chi connectivity index (χ0n) is 7.44.